The molecule has 94 valence electrons. The van der Waals surface area contributed by atoms with Gasteiger partial charge in [-0.3, -0.25) is 0 Å². The molecule has 0 aliphatic heterocycles. The average molecular weight is 252 g/mol. The first-order valence-electron chi connectivity index (χ1n) is 4.98. The molecule has 0 aliphatic rings. The highest BCUT2D eigenvalue weighted by atomic mass is 19.1. The summed E-state index contributed by atoms with van der Waals surface area (Å²) < 4.78 is 31.4. The van der Waals surface area contributed by atoms with Crippen molar-refractivity contribution >= 4 is 17.5 Å². The summed E-state index contributed by atoms with van der Waals surface area (Å²) in [7, 11) is 1.34. The van der Waals surface area contributed by atoms with Gasteiger partial charge in [0.25, 0.3) is 0 Å². The smallest absolute Gasteiger partial charge is 0.222 e. The van der Waals surface area contributed by atoms with E-state index in [0.29, 0.717) is 5.69 Å². The maximum Gasteiger partial charge on any atom is 0.222 e. The maximum atomic E-state index is 13.4. The highest BCUT2D eigenvalue weighted by Crippen LogP contribution is 2.24. The predicted molar refractivity (Wildman–Crippen MR) is 62.6 cm³/mol. The summed E-state index contributed by atoms with van der Waals surface area (Å²) in [5.74, 6) is -1.27. The monoisotopic (exact) mass is 252 g/mol. The van der Waals surface area contributed by atoms with Crippen molar-refractivity contribution in [2.45, 2.75) is 0 Å². The summed E-state index contributed by atoms with van der Waals surface area (Å²) in [6.07, 6.45) is 0.950. The molecule has 0 radical (unpaired) electrons. The normalized spacial score (nSPS) is 10.2. The lowest BCUT2D eigenvalue weighted by Gasteiger charge is -2.08. The molecule has 0 amide bonds. The largest absolute Gasteiger partial charge is 0.494 e. The summed E-state index contributed by atoms with van der Waals surface area (Å²) in [5, 5.41) is 2.66. The van der Waals surface area contributed by atoms with Gasteiger partial charge in [0.15, 0.2) is 23.2 Å². The Kier molecular flexibility index (Phi) is 3.22. The molecule has 0 atom stereocenters. The number of ether oxygens (including phenoxy) is 1. The Morgan fingerprint density at radius 3 is 2.78 bits per heavy atom. The second-order valence-electron chi connectivity index (χ2n) is 3.40. The van der Waals surface area contributed by atoms with Crippen molar-refractivity contribution in [3.05, 3.63) is 36.0 Å². The van der Waals surface area contributed by atoms with Gasteiger partial charge >= 0.3 is 0 Å². The Labute approximate surface area is 102 Å². The zero-order valence-electron chi connectivity index (χ0n) is 9.45. The van der Waals surface area contributed by atoms with Crippen LogP contribution >= 0.6 is 0 Å². The van der Waals surface area contributed by atoms with E-state index in [4.69, 9.17) is 10.5 Å². The third-order valence-corrected chi connectivity index (χ3v) is 2.18. The van der Waals surface area contributed by atoms with E-state index in [2.05, 4.69) is 15.3 Å². The lowest BCUT2D eigenvalue weighted by Crippen LogP contribution is -2.02. The second kappa shape index (κ2) is 4.82. The number of nitrogens with one attached hydrogen (secondary N) is 1. The Morgan fingerprint density at radius 1 is 1.28 bits per heavy atom. The Morgan fingerprint density at radius 2 is 2.06 bits per heavy atom. The van der Waals surface area contributed by atoms with Crippen LogP contribution in [0, 0.1) is 11.6 Å². The predicted octanol–water partition coefficient (Wildman–Crippen LogP) is 2.09. The number of nitrogens with two attached hydrogens (primary N) is 1. The first kappa shape index (κ1) is 12.0. The minimum absolute atomic E-state index is 0.0439. The van der Waals surface area contributed by atoms with Crippen LogP contribution in [-0.4, -0.2) is 17.1 Å². The number of hydrogen-bond donors (Lipinski definition) is 2. The van der Waals surface area contributed by atoms with Crippen molar-refractivity contribution in [3.8, 4) is 5.75 Å². The number of halogens is 2. The molecular weight excluding hydrogens is 242 g/mol. The van der Waals surface area contributed by atoms with Gasteiger partial charge in [-0.05, 0) is 12.1 Å². The molecule has 2 aromatic rings. The number of aromatic nitrogens is 2. The quantitative estimate of drug-likeness (QED) is 0.875. The van der Waals surface area contributed by atoms with Crippen molar-refractivity contribution in [1.82, 2.24) is 9.97 Å². The van der Waals surface area contributed by atoms with Crippen molar-refractivity contribution in [2.75, 3.05) is 18.2 Å². The van der Waals surface area contributed by atoms with E-state index >= 15 is 0 Å². The number of methoxy groups -OCH3 is 1. The van der Waals surface area contributed by atoms with Crippen LogP contribution in [0.25, 0.3) is 0 Å². The van der Waals surface area contributed by atoms with Crippen LogP contribution in [0.1, 0.15) is 0 Å². The molecule has 5 nitrogen and oxygen atoms in total. The van der Waals surface area contributed by atoms with Crippen LogP contribution in [0.4, 0.5) is 26.2 Å². The van der Waals surface area contributed by atoms with E-state index in [1.165, 1.54) is 25.3 Å². The van der Waals surface area contributed by atoms with Gasteiger partial charge < -0.3 is 15.8 Å². The van der Waals surface area contributed by atoms with Crippen LogP contribution in [0.5, 0.6) is 5.75 Å². The first-order chi connectivity index (χ1) is 8.60. The maximum absolute atomic E-state index is 13.4. The Bertz CT molecular complexity index is 577. The number of rotatable bonds is 3. The molecule has 0 saturated heterocycles. The van der Waals surface area contributed by atoms with Crippen molar-refractivity contribution in [2.24, 2.45) is 0 Å². The standard InChI is InChI=1S/C11H10F2N4O/c1-18-9-4-6(2-3-7(9)12)16-10-8(13)5-15-11(14)17-10/h2-5H,1H3,(H3,14,15,16,17). The Hall–Kier alpha value is -2.44. The van der Waals surface area contributed by atoms with Gasteiger partial charge in [-0.15, -0.1) is 0 Å². The minimum atomic E-state index is -0.660. The van der Waals surface area contributed by atoms with Gasteiger partial charge in [-0.2, -0.15) is 4.98 Å². The second-order valence-corrected chi connectivity index (χ2v) is 3.40. The molecule has 18 heavy (non-hydrogen) atoms. The van der Waals surface area contributed by atoms with Gasteiger partial charge in [0.1, 0.15) is 0 Å². The summed E-state index contributed by atoms with van der Waals surface area (Å²) >= 11 is 0. The minimum Gasteiger partial charge on any atom is -0.494 e. The highest BCUT2D eigenvalue weighted by Gasteiger charge is 2.08. The molecule has 2 rings (SSSR count). The molecule has 1 aromatic heterocycles. The van der Waals surface area contributed by atoms with Crippen LogP contribution in [-0.2, 0) is 0 Å². The lowest BCUT2D eigenvalue weighted by molar-refractivity contribution is 0.387. The van der Waals surface area contributed by atoms with Gasteiger partial charge in [0, 0.05) is 11.8 Å². The first-order valence-corrected chi connectivity index (χ1v) is 4.98. The molecule has 0 fully saturated rings. The number of nitrogen functional groups attached to an aromatic ring is 1. The van der Waals surface area contributed by atoms with Gasteiger partial charge in [-0.1, -0.05) is 0 Å². The molecule has 0 unspecified atom stereocenters. The van der Waals surface area contributed by atoms with E-state index in [1.807, 2.05) is 0 Å². The van der Waals surface area contributed by atoms with Crippen LogP contribution in [0.2, 0.25) is 0 Å². The highest BCUT2D eigenvalue weighted by molar-refractivity contribution is 5.59. The van der Waals surface area contributed by atoms with E-state index in [-0.39, 0.29) is 17.5 Å². The Balaban J connectivity index is 2.31. The van der Waals surface area contributed by atoms with E-state index in [0.717, 1.165) is 6.20 Å². The zero-order valence-corrected chi connectivity index (χ0v) is 9.45. The number of nitrogens with zero attached hydrogens (tertiary/aromatic N) is 2. The molecule has 0 saturated carbocycles. The van der Waals surface area contributed by atoms with E-state index in [1.54, 1.807) is 0 Å². The number of hydrogen-bond acceptors (Lipinski definition) is 5. The summed E-state index contributed by atoms with van der Waals surface area (Å²) in [6.45, 7) is 0. The zero-order chi connectivity index (χ0) is 13.1. The molecule has 0 spiro atoms. The molecule has 1 aromatic carbocycles. The fourth-order valence-electron chi connectivity index (χ4n) is 1.34. The molecule has 3 N–H and O–H groups in total. The molecular formula is C11H10F2N4O. The van der Waals surface area contributed by atoms with Crippen LogP contribution in [0.3, 0.4) is 0 Å². The SMILES string of the molecule is COc1cc(Nc2nc(N)ncc2F)ccc1F. The van der Waals surface area contributed by atoms with Gasteiger partial charge in [-0.25, -0.2) is 13.8 Å². The number of benzene rings is 1. The number of anilines is 3. The van der Waals surface area contributed by atoms with E-state index < -0.39 is 11.6 Å². The molecule has 1 heterocycles. The third-order valence-electron chi connectivity index (χ3n) is 2.18. The third kappa shape index (κ3) is 2.45. The fraction of sp³-hybridized carbons (Fsp3) is 0.0909. The lowest BCUT2D eigenvalue weighted by atomic mass is 10.3. The van der Waals surface area contributed by atoms with Crippen molar-refractivity contribution < 1.29 is 13.5 Å². The summed E-state index contributed by atoms with van der Waals surface area (Å²) in [4.78, 5) is 7.19. The topological polar surface area (TPSA) is 73.1 Å². The van der Waals surface area contributed by atoms with Crippen LogP contribution < -0.4 is 15.8 Å². The van der Waals surface area contributed by atoms with Gasteiger partial charge in [0.2, 0.25) is 5.95 Å². The van der Waals surface area contributed by atoms with Crippen molar-refractivity contribution in [1.29, 1.82) is 0 Å². The van der Waals surface area contributed by atoms with E-state index in [9.17, 15) is 8.78 Å². The van der Waals surface area contributed by atoms with Crippen LogP contribution in [0.15, 0.2) is 24.4 Å². The fourth-order valence-corrected chi connectivity index (χ4v) is 1.34. The summed E-state index contributed by atoms with van der Waals surface area (Å²) in [5.41, 5.74) is 5.77. The van der Waals surface area contributed by atoms with Crippen molar-refractivity contribution in [3.63, 3.8) is 0 Å². The van der Waals surface area contributed by atoms with Gasteiger partial charge in [0.05, 0.1) is 13.3 Å². The molecule has 0 bridgehead atoms. The average Bonchev–Trinajstić information content (AvgIpc) is 2.36. The summed E-state index contributed by atoms with van der Waals surface area (Å²) in [6, 6.07) is 4.01. The molecule has 0 aliphatic carbocycles. The molecule has 7 heteroatoms.